The van der Waals surface area contributed by atoms with Gasteiger partial charge in [0.1, 0.15) is 11.5 Å². The molecule has 1 aromatic carbocycles. The molecule has 23 heavy (non-hydrogen) atoms. The molecule has 5 heteroatoms. The highest BCUT2D eigenvalue weighted by molar-refractivity contribution is 6.03. The molecule has 0 radical (unpaired) electrons. The van der Waals surface area contributed by atoms with E-state index < -0.39 is 0 Å². The number of nitrogens with zero attached hydrogens (tertiary/aromatic N) is 3. The molecule has 1 aliphatic rings. The van der Waals surface area contributed by atoms with Crippen LogP contribution in [0.5, 0.6) is 0 Å². The minimum Gasteiger partial charge on any atom is -0.305 e. The number of aryl methyl sites for hydroxylation is 1. The number of carbonyl (C=O) groups is 1. The van der Waals surface area contributed by atoms with E-state index in [4.69, 9.17) is 0 Å². The van der Waals surface area contributed by atoms with E-state index in [1.54, 1.807) is 10.7 Å². The highest BCUT2D eigenvalue weighted by atomic mass is 16.2. The van der Waals surface area contributed by atoms with Crippen molar-refractivity contribution in [3.05, 3.63) is 53.9 Å². The van der Waals surface area contributed by atoms with Gasteiger partial charge in [0.15, 0.2) is 0 Å². The Morgan fingerprint density at radius 3 is 2.83 bits per heavy atom. The first-order valence-corrected chi connectivity index (χ1v) is 7.92. The molecular weight excluding hydrogens is 288 g/mol. The van der Waals surface area contributed by atoms with Gasteiger partial charge in [0.05, 0.1) is 11.2 Å². The van der Waals surface area contributed by atoms with Crippen LogP contribution in [0.2, 0.25) is 0 Å². The van der Waals surface area contributed by atoms with Crippen LogP contribution < -0.4 is 5.32 Å². The maximum atomic E-state index is 12.5. The van der Waals surface area contributed by atoms with Gasteiger partial charge in [-0.15, -0.1) is 0 Å². The predicted molar refractivity (Wildman–Crippen MR) is 89.5 cm³/mol. The van der Waals surface area contributed by atoms with Crippen LogP contribution in [0.3, 0.4) is 0 Å². The maximum Gasteiger partial charge on any atom is 0.275 e. The van der Waals surface area contributed by atoms with Gasteiger partial charge in [0.2, 0.25) is 0 Å². The monoisotopic (exact) mass is 306 g/mol. The molecule has 0 atom stereocenters. The molecule has 0 spiro atoms. The van der Waals surface area contributed by atoms with E-state index in [2.05, 4.69) is 15.4 Å². The lowest BCUT2D eigenvalue weighted by Gasteiger charge is -2.22. The van der Waals surface area contributed by atoms with E-state index in [-0.39, 0.29) is 5.91 Å². The van der Waals surface area contributed by atoms with E-state index in [1.165, 1.54) is 19.3 Å². The molecule has 1 aliphatic carbocycles. The summed E-state index contributed by atoms with van der Waals surface area (Å²) < 4.78 is 1.73. The molecule has 4 rings (SSSR count). The third-order valence-corrected chi connectivity index (χ3v) is 4.49. The molecular formula is C18H18N4O. The number of hydrogen-bond donors (Lipinski definition) is 1. The summed E-state index contributed by atoms with van der Waals surface area (Å²) in [6.45, 7) is 0. The minimum atomic E-state index is -0.209. The summed E-state index contributed by atoms with van der Waals surface area (Å²) in [5, 5.41) is 8.45. The van der Waals surface area contributed by atoms with Gasteiger partial charge in [0.25, 0.3) is 5.91 Å². The first-order chi connectivity index (χ1) is 11.2. The predicted octanol–water partition coefficient (Wildman–Crippen LogP) is 3.49. The summed E-state index contributed by atoms with van der Waals surface area (Å²) in [4.78, 5) is 16.9. The number of carbonyl (C=O) groups excluding carboxylic acids is 1. The Kier molecular flexibility index (Phi) is 3.33. The number of fused-ring (bicyclic) bond motifs is 1. The van der Waals surface area contributed by atoms with E-state index in [9.17, 15) is 4.79 Å². The Hall–Kier alpha value is -2.69. The van der Waals surface area contributed by atoms with Crippen molar-refractivity contribution in [2.75, 3.05) is 5.32 Å². The molecule has 0 saturated heterocycles. The van der Waals surface area contributed by atoms with Crippen molar-refractivity contribution in [2.24, 2.45) is 7.05 Å². The number of rotatable bonds is 3. The van der Waals surface area contributed by atoms with Gasteiger partial charge in [-0.2, -0.15) is 5.10 Å². The van der Waals surface area contributed by atoms with Crippen molar-refractivity contribution in [3.63, 3.8) is 0 Å². The van der Waals surface area contributed by atoms with Crippen LogP contribution in [0.25, 0.3) is 10.9 Å². The molecule has 0 bridgehead atoms. The maximum absolute atomic E-state index is 12.5. The Labute approximate surface area is 134 Å². The van der Waals surface area contributed by atoms with Crippen molar-refractivity contribution in [1.82, 2.24) is 14.8 Å². The highest BCUT2D eigenvalue weighted by Crippen LogP contribution is 2.36. The van der Waals surface area contributed by atoms with Crippen molar-refractivity contribution in [2.45, 2.75) is 25.2 Å². The number of anilines is 1. The molecule has 2 aromatic heterocycles. The van der Waals surface area contributed by atoms with Crippen molar-refractivity contribution >= 4 is 22.6 Å². The molecule has 0 aliphatic heterocycles. The molecule has 1 amide bonds. The number of nitrogens with one attached hydrogen (secondary N) is 1. The molecule has 1 saturated carbocycles. The van der Waals surface area contributed by atoms with Gasteiger partial charge in [-0.05, 0) is 25.0 Å². The third kappa shape index (κ3) is 2.59. The normalized spacial score (nSPS) is 14.7. The molecule has 2 heterocycles. The molecule has 1 N–H and O–H groups in total. The fourth-order valence-corrected chi connectivity index (χ4v) is 2.88. The van der Waals surface area contributed by atoms with Gasteiger partial charge >= 0.3 is 0 Å². The summed E-state index contributed by atoms with van der Waals surface area (Å²) in [7, 11) is 1.85. The van der Waals surface area contributed by atoms with Crippen LogP contribution in [-0.2, 0) is 7.05 Å². The number of amides is 1. The highest BCUT2D eigenvalue weighted by Gasteiger charge is 2.23. The lowest BCUT2D eigenvalue weighted by molar-refractivity contribution is 0.102. The number of pyridine rings is 1. The Morgan fingerprint density at radius 1 is 1.22 bits per heavy atom. The SMILES string of the molecule is Cn1nc(C2CCC2)cc1NC(=O)c1ccc2ccccc2n1. The van der Waals surface area contributed by atoms with Gasteiger partial charge in [-0.1, -0.05) is 30.7 Å². The largest absolute Gasteiger partial charge is 0.305 e. The van der Waals surface area contributed by atoms with E-state index >= 15 is 0 Å². The number of benzene rings is 1. The van der Waals surface area contributed by atoms with E-state index in [0.717, 1.165) is 16.6 Å². The Balaban J connectivity index is 1.57. The second-order valence-electron chi connectivity index (χ2n) is 6.05. The standard InChI is InChI=1S/C18H18N4O/c1-22-17(11-16(21-22)12-6-4-7-12)20-18(23)15-10-9-13-5-2-3-8-14(13)19-15/h2-3,5,8-12H,4,6-7H2,1H3,(H,20,23). The summed E-state index contributed by atoms with van der Waals surface area (Å²) in [6.07, 6.45) is 3.65. The van der Waals surface area contributed by atoms with Crippen LogP contribution in [0.1, 0.15) is 41.4 Å². The van der Waals surface area contributed by atoms with Crippen LogP contribution in [0.15, 0.2) is 42.5 Å². The quantitative estimate of drug-likeness (QED) is 0.806. The molecule has 5 nitrogen and oxygen atoms in total. The molecule has 0 unspecified atom stereocenters. The molecule has 1 fully saturated rings. The summed E-state index contributed by atoms with van der Waals surface area (Å²) in [5.74, 6) is 1.05. The van der Waals surface area contributed by atoms with Crippen molar-refractivity contribution < 1.29 is 4.79 Å². The Bertz CT molecular complexity index is 880. The fraction of sp³-hybridized carbons (Fsp3) is 0.278. The first kappa shape index (κ1) is 13.9. The van der Waals surface area contributed by atoms with Gasteiger partial charge in [0, 0.05) is 24.4 Å². The summed E-state index contributed by atoms with van der Waals surface area (Å²) in [6, 6.07) is 13.4. The molecule has 3 aromatic rings. The topological polar surface area (TPSA) is 59.8 Å². The number of hydrogen-bond acceptors (Lipinski definition) is 3. The summed E-state index contributed by atoms with van der Waals surface area (Å²) >= 11 is 0. The zero-order chi connectivity index (χ0) is 15.8. The zero-order valence-corrected chi connectivity index (χ0v) is 13.0. The fourth-order valence-electron chi connectivity index (χ4n) is 2.88. The van der Waals surface area contributed by atoms with Crippen LogP contribution >= 0.6 is 0 Å². The third-order valence-electron chi connectivity index (χ3n) is 4.49. The second-order valence-corrected chi connectivity index (χ2v) is 6.05. The van der Waals surface area contributed by atoms with E-state index in [1.807, 2.05) is 43.4 Å². The van der Waals surface area contributed by atoms with Crippen molar-refractivity contribution in [1.29, 1.82) is 0 Å². The molecule has 116 valence electrons. The Morgan fingerprint density at radius 2 is 2.04 bits per heavy atom. The van der Waals surface area contributed by atoms with Crippen molar-refractivity contribution in [3.8, 4) is 0 Å². The number of aromatic nitrogens is 3. The van der Waals surface area contributed by atoms with Crippen LogP contribution in [-0.4, -0.2) is 20.7 Å². The minimum absolute atomic E-state index is 0.209. The summed E-state index contributed by atoms with van der Waals surface area (Å²) in [5.41, 5.74) is 2.30. The van der Waals surface area contributed by atoms with Gasteiger partial charge in [-0.25, -0.2) is 4.98 Å². The lowest BCUT2D eigenvalue weighted by Crippen LogP contribution is -2.15. The average molecular weight is 306 g/mol. The lowest BCUT2D eigenvalue weighted by atomic mass is 9.83. The van der Waals surface area contributed by atoms with Gasteiger partial charge < -0.3 is 5.32 Å². The van der Waals surface area contributed by atoms with Crippen LogP contribution in [0, 0.1) is 0 Å². The zero-order valence-electron chi connectivity index (χ0n) is 13.0. The average Bonchev–Trinajstić information content (AvgIpc) is 2.85. The van der Waals surface area contributed by atoms with Gasteiger partial charge in [-0.3, -0.25) is 9.48 Å². The second kappa shape index (κ2) is 5.50. The number of para-hydroxylation sites is 1. The van der Waals surface area contributed by atoms with Crippen LogP contribution in [0.4, 0.5) is 5.82 Å². The smallest absolute Gasteiger partial charge is 0.275 e. The first-order valence-electron chi connectivity index (χ1n) is 7.92. The van der Waals surface area contributed by atoms with E-state index in [0.29, 0.717) is 17.4 Å².